The van der Waals surface area contributed by atoms with Gasteiger partial charge < -0.3 is 0 Å². The topological polar surface area (TPSA) is 43.1 Å². The standard InChI is InChI=1S/C10H13NO2/c1-4-9-6-7(2)5-8(3)10(9)11(12)13/h5-6H,4H2,1-3H3. The van der Waals surface area contributed by atoms with Gasteiger partial charge in [0.05, 0.1) is 4.92 Å². The van der Waals surface area contributed by atoms with Crippen molar-refractivity contribution in [1.29, 1.82) is 0 Å². The van der Waals surface area contributed by atoms with Gasteiger partial charge in [-0.15, -0.1) is 0 Å². The Kier molecular flexibility index (Phi) is 2.66. The molecule has 0 saturated heterocycles. The smallest absolute Gasteiger partial charge is 0.258 e. The van der Waals surface area contributed by atoms with Crippen LogP contribution in [0.5, 0.6) is 0 Å². The van der Waals surface area contributed by atoms with Crippen molar-refractivity contribution in [1.82, 2.24) is 0 Å². The Morgan fingerprint density at radius 3 is 2.46 bits per heavy atom. The van der Waals surface area contributed by atoms with Gasteiger partial charge in [0, 0.05) is 11.1 Å². The van der Waals surface area contributed by atoms with Gasteiger partial charge in [-0.05, 0) is 32.4 Å². The molecule has 0 aliphatic rings. The zero-order chi connectivity index (χ0) is 10.0. The van der Waals surface area contributed by atoms with Gasteiger partial charge in [-0.25, -0.2) is 0 Å². The second-order valence-electron chi connectivity index (χ2n) is 3.20. The number of hydrogen-bond acceptors (Lipinski definition) is 2. The van der Waals surface area contributed by atoms with Crippen molar-refractivity contribution in [3.8, 4) is 0 Å². The highest BCUT2D eigenvalue weighted by Crippen LogP contribution is 2.25. The van der Waals surface area contributed by atoms with Crippen LogP contribution in [-0.4, -0.2) is 4.92 Å². The molecule has 3 nitrogen and oxygen atoms in total. The van der Waals surface area contributed by atoms with Crippen molar-refractivity contribution >= 4 is 5.69 Å². The van der Waals surface area contributed by atoms with Crippen molar-refractivity contribution < 1.29 is 4.92 Å². The molecule has 13 heavy (non-hydrogen) atoms. The van der Waals surface area contributed by atoms with E-state index in [2.05, 4.69) is 0 Å². The van der Waals surface area contributed by atoms with Crippen LogP contribution in [-0.2, 0) is 6.42 Å². The van der Waals surface area contributed by atoms with Crippen LogP contribution < -0.4 is 0 Å². The van der Waals surface area contributed by atoms with Gasteiger partial charge in [0.25, 0.3) is 5.69 Å². The van der Waals surface area contributed by atoms with Crippen molar-refractivity contribution in [3.63, 3.8) is 0 Å². The molecule has 0 saturated carbocycles. The van der Waals surface area contributed by atoms with Crippen LogP contribution in [0.15, 0.2) is 12.1 Å². The molecule has 0 heterocycles. The van der Waals surface area contributed by atoms with Gasteiger partial charge in [0.1, 0.15) is 0 Å². The maximum atomic E-state index is 10.7. The molecule has 1 aromatic carbocycles. The summed E-state index contributed by atoms with van der Waals surface area (Å²) in [6.45, 7) is 5.67. The highest BCUT2D eigenvalue weighted by atomic mass is 16.6. The van der Waals surface area contributed by atoms with Crippen LogP contribution in [0, 0.1) is 24.0 Å². The lowest BCUT2D eigenvalue weighted by Gasteiger charge is -2.04. The molecule has 0 unspecified atom stereocenters. The molecule has 0 atom stereocenters. The van der Waals surface area contributed by atoms with E-state index in [9.17, 15) is 10.1 Å². The number of benzene rings is 1. The summed E-state index contributed by atoms with van der Waals surface area (Å²) in [5.74, 6) is 0. The van der Waals surface area contributed by atoms with Gasteiger partial charge in [0.15, 0.2) is 0 Å². The molecule has 70 valence electrons. The Hall–Kier alpha value is -1.38. The van der Waals surface area contributed by atoms with Crippen molar-refractivity contribution in [3.05, 3.63) is 38.9 Å². The van der Waals surface area contributed by atoms with E-state index in [4.69, 9.17) is 0 Å². The summed E-state index contributed by atoms with van der Waals surface area (Å²) in [6.07, 6.45) is 0.707. The van der Waals surface area contributed by atoms with E-state index in [1.165, 1.54) is 0 Å². The average Bonchev–Trinajstić information content (AvgIpc) is 2.01. The zero-order valence-corrected chi connectivity index (χ0v) is 8.13. The molecule has 0 aromatic heterocycles. The quantitative estimate of drug-likeness (QED) is 0.517. The fraction of sp³-hybridized carbons (Fsp3) is 0.400. The van der Waals surface area contributed by atoms with Gasteiger partial charge in [-0.2, -0.15) is 0 Å². The van der Waals surface area contributed by atoms with E-state index in [1.54, 1.807) is 6.92 Å². The summed E-state index contributed by atoms with van der Waals surface area (Å²) in [4.78, 5) is 10.4. The minimum Gasteiger partial charge on any atom is -0.258 e. The largest absolute Gasteiger partial charge is 0.275 e. The van der Waals surface area contributed by atoms with E-state index in [-0.39, 0.29) is 10.6 Å². The number of nitro groups is 1. The fourth-order valence-corrected chi connectivity index (χ4v) is 1.58. The van der Waals surface area contributed by atoms with E-state index < -0.39 is 0 Å². The lowest BCUT2D eigenvalue weighted by molar-refractivity contribution is -0.386. The normalized spacial score (nSPS) is 10.1. The molecule has 0 aliphatic heterocycles. The Bertz CT molecular complexity index is 345. The summed E-state index contributed by atoms with van der Waals surface area (Å²) < 4.78 is 0. The van der Waals surface area contributed by atoms with Crippen LogP contribution in [0.2, 0.25) is 0 Å². The zero-order valence-electron chi connectivity index (χ0n) is 8.13. The Morgan fingerprint density at radius 2 is 2.00 bits per heavy atom. The third kappa shape index (κ3) is 1.86. The highest BCUT2D eigenvalue weighted by Gasteiger charge is 2.15. The monoisotopic (exact) mass is 179 g/mol. The van der Waals surface area contributed by atoms with Crippen LogP contribution in [0.25, 0.3) is 0 Å². The molecule has 1 rings (SSSR count). The second-order valence-corrected chi connectivity index (χ2v) is 3.20. The minimum absolute atomic E-state index is 0.271. The summed E-state index contributed by atoms with van der Waals surface area (Å²) >= 11 is 0. The van der Waals surface area contributed by atoms with Crippen molar-refractivity contribution in [2.75, 3.05) is 0 Å². The third-order valence-electron chi connectivity index (χ3n) is 2.09. The van der Waals surface area contributed by atoms with Crippen LogP contribution in [0.1, 0.15) is 23.6 Å². The number of rotatable bonds is 2. The van der Waals surface area contributed by atoms with Gasteiger partial charge in [0.2, 0.25) is 0 Å². The van der Waals surface area contributed by atoms with Crippen molar-refractivity contribution in [2.45, 2.75) is 27.2 Å². The minimum atomic E-state index is -0.298. The predicted molar refractivity (Wildman–Crippen MR) is 51.9 cm³/mol. The van der Waals surface area contributed by atoms with Crippen molar-refractivity contribution in [2.24, 2.45) is 0 Å². The van der Waals surface area contributed by atoms with Gasteiger partial charge in [-0.1, -0.05) is 12.5 Å². The number of nitro benzene ring substituents is 1. The molecule has 0 bridgehead atoms. The Morgan fingerprint density at radius 1 is 1.38 bits per heavy atom. The van der Waals surface area contributed by atoms with E-state index in [0.717, 1.165) is 16.7 Å². The molecular weight excluding hydrogens is 166 g/mol. The van der Waals surface area contributed by atoms with E-state index >= 15 is 0 Å². The molecular formula is C10H13NO2. The first-order valence-electron chi connectivity index (χ1n) is 4.30. The molecule has 0 spiro atoms. The molecule has 0 N–H and O–H groups in total. The molecule has 0 amide bonds. The lowest BCUT2D eigenvalue weighted by Crippen LogP contribution is -1.98. The van der Waals surface area contributed by atoms with Gasteiger partial charge in [-0.3, -0.25) is 10.1 Å². The lowest BCUT2D eigenvalue weighted by atomic mass is 10.0. The second kappa shape index (κ2) is 3.56. The van der Waals surface area contributed by atoms with Crippen LogP contribution in [0.3, 0.4) is 0 Å². The first kappa shape index (κ1) is 9.71. The molecule has 0 fully saturated rings. The molecule has 0 radical (unpaired) electrons. The number of hydrogen-bond donors (Lipinski definition) is 0. The van der Waals surface area contributed by atoms with E-state index in [0.29, 0.717) is 6.42 Å². The first-order valence-corrected chi connectivity index (χ1v) is 4.30. The predicted octanol–water partition coefficient (Wildman–Crippen LogP) is 2.77. The number of aryl methyl sites for hydroxylation is 3. The summed E-state index contributed by atoms with van der Waals surface area (Å²) in [5, 5.41) is 10.7. The first-order chi connectivity index (χ1) is 6.06. The maximum absolute atomic E-state index is 10.7. The highest BCUT2D eigenvalue weighted by molar-refractivity contribution is 5.49. The SMILES string of the molecule is CCc1cc(C)cc(C)c1[N+](=O)[O-]. The summed E-state index contributed by atoms with van der Waals surface area (Å²) in [5.41, 5.74) is 2.93. The average molecular weight is 179 g/mol. The van der Waals surface area contributed by atoms with Gasteiger partial charge >= 0.3 is 0 Å². The maximum Gasteiger partial charge on any atom is 0.275 e. The molecule has 3 heteroatoms. The molecule has 1 aromatic rings. The Balaban J connectivity index is 3.38. The third-order valence-corrected chi connectivity index (χ3v) is 2.09. The summed E-state index contributed by atoms with van der Waals surface area (Å²) in [7, 11) is 0. The molecule has 0 aliphatic carbocycles. The summed E-state index contributed by atoms with van der Waals surface area (Å²) in [6, 6.07) is 3.72. The van der Waals surface area contributed by atoms with Crippen LogP contribution >= 0.6 is 0 Å². The fourth-order valence-electron chi connectivity index (χ4n) is 1.58. The van der Waals surface area contributed by atoms with Crippen LogP contribution in [0.4, 0.5) is 5.69 Å². The Labute approximate surface area is 77.5 Å². The van der Waals surface area contributed by atoms with E-state index in [1.807, 2.05) is 26.0 Å². The number of nitrogens with zero attached hydrogens (tertiary/aromatic N) is 1.